The summed E-state index contributed by atoms with van der Waals surface area (Å²) in [7, 11) is 0. The van der Waals surface area contributed by atoms with E-state index < -0.39 is 23.1 Å². The molecule has 2 aromatic carbocycles. The number of nitrogens with one attached hydrogen (secondary N) is 1. The molecule has 7 nitrogen and oxygen atoms in total. The zero-order valence-corrected chi connectivity index (χ0v) is 21.4. The largest absolute Gasteiger partial charge is 0.376 e. The lowest BCUT2D eigenvalue weighted by Crippen LogP contribution is -2.32. The summed E-state index contributed by atoms with van der Waals surface area (Å²) in [5, 5.41) is 19.2. The Bertz CT molecular complexity index is 1620. The number of aryl methyl sites for hydroxylation is 2. The highest BCUT2D eigenvalue weighted by molar-refractivity contribution is 6.34. The SMILES string of the molecule is CCc1c(C(O)(c2ccccc2F)c2ccccc2F)cc2cc(Cl)c(C(=O)Nc3ncn(CC)n3)cn12. The van der Waals surface area contributed by atoms with Gasteiger partial charge in [-0.3, -0.25) is 14.8 Å². The van der Waals surface area contributed by atoms with Crippen LogP contribution in [0.15, 0.2) is 73.2 Å². The lowest BCUT2D eigenvalue weighted by atomic mass is 9.79. The van der Waals surface area contributed by atoms with Crippen LogP contribution in [0.4, 0.5) is 14.7 Å². The second-order valence-electron chi connectivity index (χ2n) is 8.74. The van der Waals surface area contributed by atoms with Gasteiger partial charge in [0.15, 0.2) is 0 Å². The number of carbonyl (C=O) groups is 1. The first-order valence-corrected chi connectivity index (χ1v) is 12.4. The van der Waals surface area contributed by atoms with Crippen molar-refractivity contribution in [2.45, 2.75) is 32.4 Å². The van der Waals surface area contributed by atoms with Crippen LogP contribution in [0, 0.1) is 11.6 Å². The van der Waals surface area contributed by atoms with Gasteiger partial charge < -0.3 is 9.51 Å². The van der Waals surface area contributed by atoms with E-state index in [1.54, 1.807) is 33.3 Å². The van der Waals surface area contributed by atoms with E-state index in [4.69, 9.17) is 11.6 Å². The first-order valence-electron chi connectivity index (χ1n) is 12.0. The number of anilines is 1. The van der Waals surface area contributed by atoms with E-state index in [0.29, 0.717) is 24.2 Å². The average molecular weight is 536 g/mol. The van der Waals surface area contributed by atoms with Gasteiger partial charge in [0.2, 0.25) is 5.95 Å². The maximum atomic E-state index is 15.2. The van der Waals surface area contributed by atoms with Gasteiger partial charge in [-0.25, -0.2) is 13.8 Å². The number of fused-ring (bicyclic) bond motifs is 1. The van der Waals surface area contributed by atoms with Crippen LogP contribution in [-0.4, -0.2) is 30.2 Å². The summed E-state index contributed by atoms with van der Waals surface area (Å²) in [4.78, 5) is 17.1. The fourth-order valence-corrected chi connectivity index (χ4v) is 4.95. The molecule has 0 saturated carbocycles. The number of aromatic nitrogens is 4. The lowest BCUT2D eigenvalue weighted by molar-refractivity contribution is 0.102. The third-order valence-corrected chi connectivity index (χ3v) is 6.86. The van der Waals surface area contributed by atoms with Crippen molar-refractivity contribution in [1.82, 2.24) is 19.2 Å². The molecule has 194 valence electrons. The standard InChI is InChI=1S/C28H24ClF2N5O2/c1-3-25-21(28(38,19-9-5-7-11-23(19)30)20-10-6-8-12-24(20)31)13-17-14-22(29)18(15-36(17)25)26(37)33-27-32-16-35(4-2)34-27/h5-16,38H,3-4H2,1-2H3,(H,33,34,37). The van der Waals surface area contributed by atoms with Gasteiger partial charge in [-0.2, -0.15) is 0 Å². The summed E-state index contributed by atoms with van der Waals surface area (Å²) in [6.07, 6.45) is 3.41. The molecule has 0 radical (unpaired) electrons. The van der Waals surface area contributed by atoms with Crippen molar-refractivity contribution in [2.24, 2.45) is 0 Å². The first kappa shape index (κ1) is 25.6. The van der Waals surface area contributed by atoms with Gasteiger partial charge in [0.05, 0.1) is 10.6 Å². The van der Waals surface area contributed by atoms with Crippen molar-refractivity contribution in [1.29, 1.82) is 0 Å². The highest BCUT2D eigenvalue weighted by Crippen LogP contribution is 2.42. The summed E-state index contributed by atoms with van der Waals surface area (Å²) in [5.41, 5.74) is -0.864. The summed E-state index contributed by atoms with van der Waals surface area (Å²) < 4.78 is 33.6. The molecular formula is C28H24ClF2N5O2. The Morgan fingerprint density at radius 1 is 1.03 bits per heavy atom. The van der Waals surface area contributed by atoms with Crippen LogP contribution in [0.3, 0.4) is 0 Å². The molecule has 0 fully saturated rings. The quantitative estimate of drug-likeness (QED) is 0.285. The van der Waals surface area contributed by atoms with Crippen LogP contribution in [0.5, 0.6) is 0 Å². The molecule has 3 heterocycles. The highest BCUT2D eigenvalue weighted by Gasteiger charge is 2.41. The molecule has 5 rings (SSSR count). The molecule has 0 aliphatic heterocycles. The van der Waals surface area contributed by atoms with Crippen molar-refractivity contribution in [3.05, 3.63) is 118 Å². The molecule has 5 aromatic rings. The molecule has 0 unspecified atom stereocenters. The van der Waals surface area contributed by atoms with Gasteiger partial charge >= 0.3 is 0 Å². The summed E-state index contributed by atoms with van der Waals surface area (Å²) in [6, 6.07) is 14.7. The molecule has 0 saturated heterocycles. The molecule has 2 N–H and O–H groups in total. The molecule has 3 aromatic heterocycles. The fourth-order valence-electron chi connectivity index (χ4n) is 4.71. The van der Waals surface area contributed by atoms with Crippen LogP contribution in [0.25, 0.3) is 5.52 Å². The minimum absolute atomic E-state index is 0.0997. The Morgan fingerprint density at radius 3 is 2.21 bits per heavy atom. The van der Waals surface area contributed by atoms with E-state index in [0.717, 1.165) is 0 Å². The highest BCUT2D eigenvalue weighted by atomic mass is 35.5. The topological polar surface area (TPSA) is 84.5 Å². The van der Waals surface area contributed by atoms with Crippen LogP contribution in [-0.2, 0) is 18.6 Å². The summed E-state index contributed by atoms with van der Waals surface area (Å²) >= 11 is 6.50. The monoisotopic (exact) mass is 535 g/mol. The number of hydrogen-bond donors (Lipinski definition) is 2. The third kappa shape index (κ3) is 4.23. The van der Waals surface area contributed by atoms with Gasteiger partial charge in [-0.15, -0.1) is 5.10 Å². The van der Waals surface area contributed by atoms with E-state index in [1.807, 2.05) is 13.8 Å². The molecule has 0 spiro atoms. The van der Waals surface area contributed by atoms with Gasteiger partial charge in [0.1, 0.15) is 23.6 Å². The minimum Gasteiger partial charge on any atom is -0.376 e. The smallest absolute Gasteiger partial charge is 0.261 e. The number of nitrogens with zero attached hydrogens (tertiary/aromatic N) is 4. The summed E-state index contributed by atoms with van der Waals surface area (Å²) in [6.45, 7) is 4.34. The third-order valence-electron chi connectivity index (χ3n) is 6.54. The molecule has 0 aliphatic rings. The van der Waals surface area contributed by atoms with Crippen molar-refractivity contribution in [3.8, 4) is 0 Å². The van der Waals surface area contributed by atoms with E-state index in [1.165, 1.54) is 48.9 Å². The number of rotatable bonds is 7. The zero-order chi connectivity index (χ0) is 27.0. The van der Waals surface area contributed by atoms with Crippen molar-refractivity contribution in [3.63, 3.8) is 0 Å². The van der Waals surface area contributed by atoms with Crippen LogP contribution in [0.2, 0.25) is 5.02 Å². The van der Waals surface area contributed by atoms with Gasteiger partial charge in [0.25, 0.3) is 5.91 Å². The average Bonchev–Trinajstić information content (AvgIpc) is 3.52. The first-order chi connectivity index (χ1) is 18.3. The molecular weight excluding hydrogens is 512 g/mol. The van der Waals surface area contributed by atoms with Gasteiger partial charge in [-0.1, -0.05) is 54.9 Å². The van der Waals surface area contributed by atoms with Crippen LogP contribution in [0.1, 0.15) is 46.6 Å². The van der Waals surface area contributed by atoms with Crippen LogP contribution >= 0.6 is 11.6 Å². The Kier molecular flexibility index (Phi) is 6.73. The van der Waals surface area contributed by atoms with Gasteiger partial charge in [0, 0.05) is 40.6 Å². The predicted octanol–water partition coefficient (Wildman–Crippen LogP) is 5.58. The molecule has 1 amide bonds. The maximum Gasteiger partial charge on any atom is 0.261 e. The number of halogens is 3. The molecule has 0 atom stereocenters. The molecule has 10 heteroatoms. The predicted molar refractivity (Wildman–Crippen MR) is 140 cm³/mol. The molecule has 0 aliphatic carbocycles. The Hall–Kier alpha value is -4.08. The van der Waals surface area contributed by atoms with E-state index in [-0.39, 0.29) is 33.2 Å². The van der Waals surface area contributed by atoms with Gasteiger partial charge in [-0.05, 0) is 37.6 Å². The zero-order valence-electron chi connectivity index (χ0n) is 20.6. The number of pyridine rings is 1. The number of hydrogen-bond acceptors (Lipinski definition) is 4. The molecule has 0 bridgehead atoms. The fraction of sp³-hybridized carbons (Fsp3) is 0.179. The Morgan fingerprint density at radius 2 is 1.66 bits per heavy atom. The lowest BCUT2D eigenvalue weighted by Gasteiger charge is -2.31. The van der Waals surface area contributed by atoms with E-state index >= 15 is 8.78 Å². The second-order valence-corrected chi connectivity index (χ2v) is 9.14. The Labute approximate surface area is 222 Å². The van der Waals surface area contributed by atoms with Crippen molar-refractivity contribution >= 4 is 29.0 Å². The Balaban J connectivity index is 1.70. The normalized spacial score (nSPS) is 11.7. The second kappa shape index (κ2) is 10.00. The number of aliphatic hydroxyl groups is 1. The van der Waals surface area contributed by atoms with Crippen LogP contribution < -0.4 is 5.32 Å². The number of carbonyl (C=O) groups excluding carboxylic acids is 1. The van der Waals surface area contributed by atoms with E-state index in [2.05, 4.69) is 15.4 Å². The van der Waals surface area contributed by atoms with Crippen molar-refractivity contribution < 1.29 is 18.7 Å². The van der Waals surface area contributed by atoms with Crippen molar-refractivity contribution in [2.75, 3.05) is 5.32 Å². The molecule has 38 heavy (non-hydrogen) atoms. The summed E-state index contributed by atoms with van der Waals surface area (Å²) in [5.74, 6) is -1.77. The maximum absolute atomic E-state index is 15.2. The van der Waals surface area contributed by atoms with E-state index in [9.17, 15) is 9.90 Å². The number of benzene rings is 2. The number of amides is 1. The minimum atomic E-state index is -2.17.